The van der Waals surface area contributed by atoms with Crippen molar-refractivity contribution in [1.29, 1.82) is 0 Å². The summed E-state index contributed by atoms with van der Waals surface area (Å²) in [5.74, 6) is -1.81. The molecule has 2 fully saturated rings. The van der Waals surface area contributed by atoms with Crippen molar-refractivity contribution in [3.8, 4) is 0 Å². The molecule has 5 rings (SSSR count). The molecule has 1 saturated carbocycles. The first-order chi connectivity index (χ1) is 15.5. The number of benzene rings is 1. The van der Waals surface area contributed by atoms with Crippen LogP contribution in [0.15, 0.2) is 18.3 Å². The molecule has 32 heavy (non-hydrogen) atoms. The van der Waals surface area contributed by atoms with E-state index in [0.29, 0.717) is 61.1 Å². The van der Waals surface area contributed by atoms with E-state index in [-0.39, 0.29) is 18.1 Å². The fourth-order valence-corrected chi connectivity index (χ4v) is 4.56. The van der Waals surface area contributed by atoms with Gasteiger partial charge in [0.05, 0.1) is 24.9 Å². The maximum atomic E-state index is 14.3. The number of nitrogens with zero attached hydrogens (tertiary/aromatic N) is 4. The minimum Gasteiger partial charge on any atom is -0.393 e. The summed E-state index contributed by atoms with van der Waals surface area (Å²) < 4.78 is 49.2. The number of ether oxygens (including phenoxy) is 1. The van der Waals surface area contributed by atoms with Gasteiger partial charge in [-0.1, -0.05) is 0 Å². The quantitative estimate of drug-likeness (QED) is 0.614. The summed E-state index contributed by atoms with van der Waals surface area (Å²) in [6, 6.07) is 1.13. The molecule has 2 N–H and O–H groups in total. The SMILES string of the molecule is OC1CCC(Cc2ncc3nc(Nc4c(F)cc(F)cc4F)n([C@@H]4CCOC4)c3n2)CC1. The zero-order chi connectivity index (χ0) is 22.2. The van der Waals surface area contributed by atoms with Crippen LogP contribution in [0.5, 0.6) is 0 Å². The lowest BCUT2D eigenvalue weighted by atomic mass is 9.85. The van der Waals surface area contributed by atoms with E-state index in [0.717, 1.165) is 25.7 Å². The number of hydrogen-bond acceptors (Lipinski definition) is 6. The van der Waals surface area contributed by atoms with Crippen molar-refractivity contribution in [2.75, 3.05) is 18.5 Å². The third-order valence-electron chi connectivity index (χ3n) is 6.28. The van der Waals surface area contributed by atoms with Crippen LogP contribution in [0.2, 0.25) is 0 Å². The third kappa shape index (κ3) is 4.16. The Hall–Kier alpha value is -2.72. The summed E-state index contributed by atoms with van der Waals surface area (Å²) in [6.45, 7) is 0.986. The Labute approximate surface area is 182 Å². The van der Waals surface area contributed by atoms with Crippen molar-refractivity contribution in [1.82, 2.24) is 19.5 Å². The number of nitrogens with one attached hydrogen (secondary N) is 1. The minimum absolute atomic E-state index is 0.110. The molecule has 10 heteroatoms. The molecule has 1 atom stereocenters. The van der Waals surface area contributed by atoms with Crippen LogP contribution in [0.4, 0.5) is 24.8 Å². The molecule has 170 valence electrons. The zero-order valence-electron chi connectivity index (χ0n) is 17.4. The number of hydrogen-bond donors (Lipinski definition) is 2. The Bertz CT molecular complexity index is 1100. The Kier molecular flexibility index (Phi) is 5.73. The summed E-state index contributed by atoms with van der Waals surface area (Å²) in [7, 11) is 0. The van der Waals surface area contributed by atoms with Crippen LogP contribution >= 0.6 is 0 Å². The van der Waals surface area contributed by atoms with Gasteiger partial charge in [-0.25, -0.2) is 28.1 Å². The van der Waals surface area contributed by atoms with E-state index in [1.54, 1.807) is 10.8 Å². The van der Waals surface area contributed by atoms with Gasteiger partial charge >= 0.3 is 0 Å². The van der Waals surface area contributed by atoms with Gasteiger partial charge in [0.25, 0.3) is 0 Å². The van der Waals surface area contributed by atoms with Crippen LogP contribution < -0.4 is 5.32 Å². The molecule has 0 unspecified atom stereocenters. The van der Waals surface area contributed by atoms with Crippen LogP contribution in [0.3, 0.4) is 0 Å². The molecule has 0 bridgehead atoms. The molecule has 3 heterocycles. The molecule has 3 aromatic rings. The highest BCUT2D eigenvalue weighted by atomic mass is 19.1. The van der Waals surface area contributed by atoms with E-state index in [1.807, 2.05) is 0 Å². The van der Waals surface area contributed by atoms with E-state index in [9.17, 15) is 18.3 Å². The summed E-state index contributed by atoms with van der Waals surface area (Å²) in [4.78, 5) is 13.7. The molecular weight excluding hydrogens is 423 g/mol. The average Bonchev–Trinajstić information content (AvgIpc) is 3.39. The molecule has 1 aromatic carbocycles. The highest BCUT2D eigenvalue weighted by Crippen LogP contribution is 2.32. The first-order valence-electron chi connectivity index (χ1n) is 10.9. The maximum absolute atomic E-state index is 14.3. The van der Waals surface area contributed by atoms with Gasteiger partial charge < -0.3 is 15.2 Å². The lowest BCUT2D eigenvalue weighted by Gasteiger charge is -2.24. The number of anilines is 2. The molecule has 2 aliphatic rings. The van der Waals surface area contributed by atoms with Crippen molar-refractivity contribution >= 4 is 22.8 Å². The number of imidazole rings is 1. The monoisotopic (exact) mass is 447 g/mol. The molecule has 0 radical (unpaired) electrons. The molecule has 0 amide bonds. The van der Waals surface area contributed by atoms with Crippen LogP contribution in [0, 0.1) is 23.4 Å². The van der Waals surface area contributed by atoms with Crippen LogP contribution in [-0.4, -0.2) is 43.9 Å². The molecule has 0 spiro atoms. The second-order valence-corrected chi connectivity index (χ2v) is 8.57. The summed E-state index contributed by atoms with van der Waals surface area (Å²) in [5, 5.41) is 12.4. The Balaban J connectivity index is 1.51. The predicted octanol–water partition coefficient (Wildman–Crippen LogP) is 4.04. The molecular formula is C22H24F3N5O2. The first kappa shape index (κ1) is 21.1. The van der Waals surface area contributed by atoms with Crippen molar-refractivity contribution in [2.45, 2.75) is 50.7 Å². The number of halogens is 3. The minimum atomic E-state index is -1.05. The topological polar surface area (TPSA) is 85.1 Å². The normalized spacial score (nSPS) is 23.7. The molecule has 7 nitrogen and oxygen atoms in total. The van der Waals surface area contributed by atoms with Crippen molar-refractivity contribution in [2.24, 2.45) is 5.92 Å². The molecule has 1 aliphatic carbocycles. The summed E-state index contributed by atoms with van der Waals surface area (Å²) in [5.41, 5.74) is 0.577. The number of aromatic nitrogens is 4. The van der Waals surface area contributed by atoms with E-state index in [1.165, 1.54) is 0 Å². The fraction of sp³-hybridized carbons (Fsp3) is 0.500. The zero-order valence-corrected chi connectivity index (χ0v) is 17.4. The van der Waals surface area contributed by atoms with E-state index < -0.39 is 23.1 Å². The second kappa shape index (κ2) is 8.67. The molecule has 1 saturated heterocycles. The predicted molar refractivity (Wildman–Crippen MR) is 111 cm³/mol. The molecule has 2 aromatic heterocycles. The Morgan fingerprint density at radius 2 is 1.81 bits per heavy atom. The Morgan fingerprint density at radius 1 is 1.06 bits per heavy atom. The van der Waals surface area contributed by atoms with Gasteiger partial charge in [-0.05, 0) is 38.0 Å². The van der Waals surface area contributed by atoms with E-state index in [2.05, 4.69) is 15.3 Å². The van der Waals surface area contributed by atoms with Crippen LogP contribution in [0.25, 0.3) is 11.2 Å². The summed E-state index contributed by atoms with van der Waals surface area (Å²) in [6.07, 6.45) is 6.21. The van der Waals surface area contributed by atoms with Crippen molar-refractivity contribution in [3.63, 3.8) is 0 Å². The number of fused-ring (bicyclic) bond motifs is 1. The summed E-state index contributed by atoms with van der Waals surface area (Å²) >= 11 is 0. The smallest absolute Gasteiger partial charge is 0.210 e. The van der Waals surface area contributed by atoms with Crippen molar-refractivity contribution < 1.29 is 23.0 Å². The lowest BCUT2D eigenvalue weighted by Crippen LogP contribution is -2.20. The molecule has 1 aliphatic heterocycles. The standard InChI is InChI=1S/C22H24F3N5O2/c23-13-8-16(24)20(17(25)9-13)29-22-27-18-10-26-19(7-12-1-3-15(31)4-2-12)28-21(18)30(22)14-5-6-32-11-14/h8-10,12,14-15,31H,1-7,11H2,(H,27,29)/t12?,14-,15?/m1/s1. The number of aliphatic hydroxyl groups excluding tert-OH is 1. The largest absolute Gasteiger partial charge is 0.393 e. The van der Waals surface area contributed by atoms with Gasteiger partial charge in [0, 0.05) is 25.2 Å². The number of aliphatic hydroxyl groups is 1. The van der Waals surface area contributed by atoms with Crippen molar-refractivity contribution in [3.05, 3.63) is 41.6 Å². The van der Waals surface area contributed by atoms with Gasteiger partial charge in [-0.3, -0.25) is 4.57 Å². The lowest BCUT2D eigenvalue weighted by molar-refractivity contribution is 0.108. The van der Waals surface area contributed by atoms with Gasteiger partial charge in [0.15, 0.2) is 17.3 Å². The van der Waals surface area contributed by atoms with Gasteiger partial charge in [-0.15, -0.1) is 0 Å². The maximum Gasteiger partial charge on any atom is 0.210 e. The van der Waals surface area contributed by atoms with Gasteiger partial charge in [0.1, 0.15) is 22.8 Å². The highest BCUT2D eigenvalue weighted by Gasteiger charge is 2.27. The highest BCUT2D eigenvalue weighted by molar-refractivity contribution is 5.75. The van der Waals surface area contributed by atoms with E-state index >= 15 is 0 Å². The van der Waals surface area contributed by atoms with E-state index in [4.69, 9.17) is 9.72 Å². The Morgan fingerprint density at radius 3 is 2.50 bits per heavy atom. The second-order valence-electron chi connectivity index (χ2n) is 8.57. The number of rotatable bonds is 5. The van der Waals surface area contributed by atoms with Crippen LogP contribution in [0.1, 0.15) is 44.0 Å². The van der Waals surface area contributed by atoms with Gasteiger partial charge in [0.2, 0.25) is 5.95 Å². The average molecular weight is 447 g/mol. The van der Waals surface area contributed by atoms with Crippen LogP contribution in [-0.2, 0) is 11.2 Å². The third-order valence-corrected chi connectivity index (χ3v) is 6.28. The fourth-order valence-electron chi connectivity index (χ4n) is 4.56. The first-order valence-corrected chi connectivity index (χ1v) is 10.9. The van der Waals surface area contributed by atoms with Gasteiger partial charge in [-0.2, -0.15) is 0 Å².